The lowest BCUT2D eigenvalue weighted by molar-refractivity contribution is -0.141. The molecule has 4 amide bonds. The molecule has 56 heavy (non-hydrogen) atoms. The van der Waals surface area contributed by atoms with Crippen molar-refractivity contribution in [3.8, 4) is 33.6 Å². The number of alkyl halides is 3. The van der Waals surface area contributed by atoms with E-state index in [9.17, 15) is 32.3 Å². The second kappa shape index (κ2) is 18.3. The van der Waals surface area contributed by atoms with Gasteiger partial charge in [0, 0.05) is 43.9 Å². The van der Waals surface area contributed by atoms with Gasteiger partial charge in [0.25, 0.3) is 17.7 Å². The summed E-state index contributed by atoms with van der Waals surface area (Å²) >= 11 is 0. The van der Waals surface area contributed by atoms with Crippen molar-refractivity contribution in [3.63, 3.8) is 0 Å². The second-order valence-electron chi connectivity index (χ2n) is 13.0. The quantitative estimate of drug-likeness (QED) is 0.0809. The summed E-state index contributed by atoms with van der Waals surface area (Å²) in [5.41, 5.74) is 1.82. The first-order valence-electron chi connectivity index (χ1n) is 18.2. The second-order valence-corrected chi connectivity index (χ2v) is 13.0. The zero-order valence-electron chi connectivity index (χ0n) is 30.2. The molecular weight excluding hydrogens is 731 g/mol. The third kappa shape index (κ3) is 10.4. The third-order valence-corrected chi connectivity index (χ3v) is 8.91. The number of aromatic nitrogens is 5. The van der Waals surface area contributed by atoms with Crippen molar-refractivity contribution >= 4 is 23.6 Å². The van der Waals surface area contributed by atoms with E-state index in [1.165, 1.54) is 6.07 Å². The molecule has 3 aromatic heterocycles. The van der Waals surface area contributed by atoms with Crippen molar-refractivity contribution in [3.05, 3.63) is 102 Å². The van der Waals surface area contributed by atoms with Crippen molar-refractivity contribution < 1.29 is 37.1 Å². The largest absolute Gasteiger partial charge is 0.433 e. The van der Waals surface area contributed by atoms with E-state index in [4.69, 9.17) is 4.74 Å². The Morgan fingerprint density at radius 3 is 1.79 bits per heavy atom. The van der Waals surface area contributed by atoms with E-state index >= 15 is 0 Å². The van der Waals surface area contributed by atoms with Gasteiger partial charge in [-0.2, -0.15) is 23.4 Å². The molecule has 5 aromatic rings. The summed E-state index contributed by atoms with van der Waals surface area (Å²) in [6.45, 7) is 1.54. The molecule has 0 spiro atoms. The summed E-state index contributed by atoms with van der Waals surface area (Å²) in [5.74, 6) is -1.73. The van der Waals surface area contributed by atoms with Gasteiger partial charge >= 0.3 is 6.18 Å². The molecule has 1 fully saturated rings. The molecule has 0 bridgehead atoms. The number of nitrogens with zero attached hydrogens (tertiary/aromatic N) is 3. The van der Waals surface area contributed by atoms with Crippen LogP contribution in [0.5, 0.6) is 0 Å². The maximum atomic E-state index is 13.9. The first-order valence-corrected chi connectivity index (χ1v) is 18.2. The van der Waals surface area contributed by atoms with Gasteiger partial charge in [-0.15, -0.1) is 0 Å². The Hall–Kier alpha value is -6.36. The van der Waals surface area contributed by atoms with Crippen LogP contribution in [0.2, 0.25) is 0 Å². The van der Waals surface area contributed by atoms with Crippen molar-refractivity contribution in [2.75, 3.05) is 32.8 Å². The van der Waals surface area contributed by atoms with E-state index in [1.54, 1.807) is 36.4 Å². The molecule has 6 N–H and O–H groups in total. The predicted octanol–water partition coefficient (Wildman–Crippen LogP) is 4.90. The monoisotopic (exact) mass is 771 g/mol. The van der Waals surface area contributed by atoms with E-state index < -0.39 is 35.5 Å². The van der Waals surface area contributed by atoms with Crippen molar-refractivity contribution in [1.82, 2.24) is 46.6 Å². The normalized spacial score (nSPS) is 14.2. The molecule has 1 aliphatic heterocycles. The van der Waals surface area contributed by atoms with Crippen LogP contribution >= 0.6 is 0 Å². The topological polar surface area (TPSA) is 196 Å². The van der Waals surface area contributed by atoms with Gasteiger partial charge in [0.05, 0.1) is 11.4 Å². The fourth-order valence-corrected chi connectivity index (χ4v) is 5.91. The molecule has 0 saturated carbocycles. The lowest BCUT2D eigenvalue weighted by Crippen LogP contribution is -2.39. The average Bonchev–Trinajstić information content (AvgIpc) is 3.92. The minimum atomic E-state index is -4.81. The summed E-state index contributed by atoms with van der Waals surface area (Å²) in [6.07, 6.45) is -1.80. The molecule has 1 saturated heterocycles. The lowest BCUT2D eigenvalue weighted by atomic mass is 10.0. The van der Waals surface area contributed by atoms with Crippen molar-refractivity contribution in [1.29, 1.82) is 0 Å². The number of carbonyl (C=O) groups excluding carboxylic acids is 4. The van der Waals surface area contributed by atoms with E-state index in [-0.39, 0.29) is 41.9 Å². The highest BCUT2D eigenvalue weighted by Crippen LogP contribution is 2.32. The van der Waals surface area contributed by atoms with Crippen LogP contribution in [0, 0.1) is 0 Å². The number of pyridine rings is 1. The molecule has 4 heterocycles. The fraction of sp³-hybridized carbons (Fsp3) is 0.308. The Balaban J connectivity index is 0.991. The number of carbonyl (C=O) groups is 4. The highest BCUT2D eigenvalue weighted by molar-refractivity contribution is 5.95. The number of nitrogens with one attached hydrogen (secondary N) is 6. The zero-order chi connectivity index (χ0) is 39.5. The number of amides is 4. The molecular formula is C39H40F3N9O5. The number of H-pyrrole nitrogens is 2. The molecule has 6 rings (SSSR count). The van der Waals surface area contributed by atoms with Crippen LogP contribution in [0.4, 0.5) is 13.2 Å². The Morgan fingerprint density at radius 2 is 1.21 bits per heavy atom. The number of benzene rings is 2. The van der Waals surface area contributed by atoms with Crippen LogP contribution in [-0.2, 0) is 15.7 Å². The molecule has 17 heteroatoms. The van der Waals surface area contributed by atoms with Gasteiger partial charge in [-0.25, -0.2) is 4.98 Å². The number of aromatic amines is 2. The van der Waals surface area contributed by atoms with Crippen LogP contribution in [0.3, 0.4) is 0 Å². The van der Waals surface area contributed by atoms with Gasteiger partial charge in [0.15, 0.2) is 0 Å². The molecule has 1 aliphatic rings. The van der Waals surface area contributed by atoms with Gasteiger partial charge < -0.3 is 26.0 Å². The van der Waals surface area contributed by atoms with Crippen molar-refractivity contribution in [2.24, 2.45) is 0 Å². The maximum Gasteiger partial charge on any atom is 0.433 e. The number of rotatable bonds is 15. The average molecular weight is 772 g/mol. The zero-order valence-corrected chi connectivity index (χ0v) is 30.2. The van der Waals surface area contributed by atoms with Crippen LogP contribution in [0.1, 0.15) is 69.3 Å². The minimum Gasteiger partial charge on any atom is -0.368 e. The standard InChI is InChI=1S/C39H40F3N9O5/c40-39(41,42)34-21-27(20-30(47-34)35(52)43-15-6-16-44-36(53)31-22-28(48-50-31)25-8-2-1-3-9-25)24-11-13-26(14-12-24)29-23-32(51-49-29)37(54)45-17-7-18-46-38(55)33-10-4-5-19-56-33/h1-3,8-9,11-14,20-23,33H,4-7,10,15-19H2,(H,43,52)(H,44,53)(H,45,54)(H,46,55)(H,48,50)(H,49,51). The van der Waals surface area contributed by atoms with Gasteiger partial charge in [-0.3, -0.25) is 29.4 Å². The summed E-state index contributed by atoms with van der Waals surface area (Å²) in [4.78, 5) is 53.9. The molecule has 2 aromatic carbocycles. The van der Waals surface area contributed by atoms with Gasteiger partial charge in [0.1, 0.15) is 28.9 Å². The summed E-state index contributed by atoms with van der Waals surface area (Å²) in [5, 5.41) is 24.6. The van der Waals surface area contributed by atoms with Gasteiger partial charge in [0.2, 0.25) is 5.91 Å². The number of hydrogen-bond acceptors (Lipinski definition) is 8. The molecule has 292 valence electrons. The van der Waals surface area contributed by atoms with Gasteiger partial charge in [-0.1, -0.05) is 54.6 Å². The van der Waals surface area contributed by atoms with Crippen LogP contribution in [-0.4, -0.2) is 87.9 Å². The third-order valence-electron chi connectivity index (χ3n) is 8.91. The van der Waals surface area contributed by atoms with Gasteiger partial charge in [-0.05, 0) is 67.5 Å². The molecule has 0 radical (unpaired) electrons. The highest BCUT2D eigenvalue weighted by atomic mass is 19.4. The van der Waals surface area contributed by atoms with Crippen molar-refractivity contribution in [2.45, 2.75) is 44.4 Å². The minimum absolute atomic E-state index is 0.0669. The first-order chi connectivity index (χ1) is 27.0. The number of halogens is 3. The van der Waals surface area contributed by atoms with Crippen LogP contribution in [0.25, 0.3) is 33.6 Å². The fourth-order valence-electron chi connectivity index (χ4n) is 5.91. The summed E-state index contributed by atoms with van der Waals surface area (Å²) in [6, 6.07) is 21.1. The van der Waals surface area contributed by atoms with E-state index in [0.29, 0.717) is 61.5 Å². The van der Waals surface area contributed by atoms with E-state index in [1.807, 2.05) is 30.3 Å². The number of hydrogen-bond donors (Lipinski definition) is 6. The van der Waals surface area contributed by atoms with E-state index in [2.05, 4.69) is 46.6 Å². The molecule has 14 nitrogen and oxygen atoms in total. The first kappa shape index (κ1) is 39.3. The molecule has 1 unspecified atom stereocenters. The Kier molecular flexibility index (Phi) is 12.9. The Bertz CT molecular complexity index is 2130. The summed E-state index contributed by atoms with van der Waals surface area (Å²) < 4.78 is 47.0. The highest BCUT2D eigenvalue weighted by Gasteiger charge is 2.34. The molecule has 0 aliphatic carbocycles. The maximum absolute atomic E-state index is 13.9. The SMILES string of the molecule is O=C(NCCCNC(=O)c1cc(-c2ccccc2)n[nH]1)c1cc(-c2ccc(-c3cc(C(=O)NCCCNC(=O)C4CCCCO4)[nH]n3)cc2)cc(C(F)(F)F)n1. The van der Waals surface area contributed by atoms with Crippen LogP contribution in [0.15, 0.2) is 78.9 Å². The smallest absolute Gasteiger partial charge is 0.368 e. The number of ether oxygens (including phenoxy) is 1. The Morgan fingerprint density at radius 1 is 0.661 bits per heavy atom. The van der Waals surface area contributed by atoms with E-state index in [0.717, 1.165) is 24.5 Å². The van der Waals surface area contributed by atoms with Crippen LogP contribution < -0.4 is 21.3 Å². The Labute approximate surface area is 319 Å². The lowest BCUT2D eigenvalue weighted by Gasteiger charge is -2.21. The summed E-state index contributed by atoms with van der Waals surface area (Å²) in [7, 11) is 0. The molecule has 1 atom stereocenters. The predicted molar refractivity (Wildman–Crippen MR) is 199 cm³/mol.